The number of benzene rings is 2. The Kier molecular flexibility index (Phi) is 4.42. The normalized spacial score (nSPS) is 22.2. The number of hydrogen-bond acceptors (Lipinski definition) is 2. The van der Waals surface area contributed by atoms with Gasteiger partial charge in [0.25, 0.3) is 0 Å². The van der Waals surface area contributed by atoms with Crippen LogP contribution in [0.1, 0.15) is 55.7 Å². The van der Waals surface area contributed by atoms with Gasteiger partial charge in [-0.05, 0) is 41.5 Å². The quantitative estimate of drug-likeness (QED) is 0.881. The van der Waals surface area contributed by atoms with Gasteiger partial charge >= 0.3 is 0 Å². The number of fused-ring (bicyclic) bond motifs is 3. The van der Waals surface area contributed by atoms with Gasteiger partial charge in [-0.15, -0.1) is 0 Å². The number of amides is 2. The van der Waals surface area contributed by atoms with E-state index in [-0.39, 0.29) is 23.8 Å². The number of carbonyl (C=O) groups excluding carboxylic acids is 2. The number of piperidine rings is 1. The summed E-state index contributed by atoms with van der Waals surface area (Å²) in [5, 5.41) is 3.31. The molecule has 1 atom stereocenters. The van der Waals surface area contributed by atoms with Gasteiger partial charge in [-0.3, -0.25) is 9.59 Å². The number of hydrogen-bond donors (Lipinski definition) is 1. The van der Waals surface area contributed by atoms with Gasteiger partial charge in [0.05, 0.1) is 12.0 Å². The number of rotatable bonds is 3. The smallest absolute Gasteiger partial charge is 0.225 e. The molecule has 0 bridgehead atoms. The van der Waals surface area contributed by atoms with Gasteiger partial charge in [-0.2, -0.15) is 0 Å². The summed E-state index contributed by atoms with van der Waals surface area (Å²) < 4.78 is 0. The van der Waals surface area contributed by atoms with Crippen molar-refractivity contribution >= 4 is 11.8 Å². The monoisotopic (exact) mass is 374 g/mol. The van der Waals surface area contributed by atoms with Gasteiger partial charge in [-0.1, -0.05) is 61.4 Å². The van der Waals surface area contributed by atoms with Crippen LogP contribution in [0.4, 0.5) is 0 Å². The molecule has 1 saturated carbocycles. The second kappa shape index (κ2) is 7.08. The third kappa shape index (κ3) is 2.92. The average molecular weight is 374 g/mol. The van der Waals surface area contributed by atoms with E-state index in [0.29, 0.717) is 25.4 Å². The minimum Gasteiger partial charge on any atom is -0.345 e. The summed E-state index contributed by atoms with van der Waals surface area (Å²) in [6.07, 6.45) is 5.71. The summed E-state index contributed by atoms with van der Waals surface area (Å²) in [5.74, 6) is 0.192. The first-order chi connectivity index (χ1) is 13.7. The Labute approximate surface area is 165 Å². The maximum atomic E-state index is 13.2. The molecule has 2 amide bonds. The Morgan fingerprint density at radius 3 is 2.14 bits per heavy atom. The molecule has 0 aromatic heterocycles. The van der Waals surface area contributed by atoms with Crippen LogP contribution < -0.4 is 5.32 Å². The maximum absolute atomic E-state index is 13.2. The predicted octanol–water partition coefficient (Wildman–Crippen LogP) is 4.05. The lowest BCUT2D eigenvalue weighted by molar-refractivity contribution is -0.140. The van der Waals surface area contributed by atoms with Crippen LogP contribution in [0, 0.1) is 5.92 Å². The lowest BCUT2D eigenvalue weighted by atomic mass is 9.94. The van der Waals surface area contributed by atoms with Crippen molar-refractivity contribution in [3.8, 4) is 11.1 Å². The molecule has 4 nitrogen and oxygen atoms in total. The van der Waals surface area contributed by atoms with E-state index in [1.54, 1.807) is 0 Å². The highest BCUT2D eigenvalue weighted by molar-refractivity contribution is 5.86. The largest absolute Gasteiger partial charge is 0.345 e. The molecule has 5 rings (SSSR count). The van der Waals surface area contributed by atoms with Crippen LogP contribution >= 0.6 is 0 Å². The molecular weight excluding hydrogens is 348 g/mol. The van der Waals surface area contributed by atoms with Gasteiger partial charge < -0.3 is 10.2 Å². The molecule has 1 N–H and O–H groups in total. The van der Waals surface area contributed by atoms with E-state index in [2.05, 4.69) is 29.6 Å². The van der Waals surface area contributed by atoms with Gasteiger partial charge in [0.15, 0.2) is 0 Å². The van der Waals surface area contributed by atoms with E-state index in [9.17, 15) is 9.59 Å². The molecule has 1 saturated heterocycles. The molecule has 2 fully saturated rings. The summed E-state index contributed by atoms with van der Waals surface area (Å²) in [7, 11) is 0. The van der Waals surface area contributed by atoms with Crippen molar-refractivity contribution in [3.63, 3.8) is 0 Å². The molecule has 2 aromatic rings. The third-order valence-electron chi connectivity index (χ3n) is 6.70. The fourth-order valence-corrected chi connectivity index (χ4v) is 5.23. The number of nitrogens with one attached hydrogen (secondary N) is 1. The number of likely N-dealkylation sites (tertiary alicyclic amines) is 1. The van der Waals surface area contributed by atoms with E-state index in [1.165, 1.54) is 24.0 Å². The lowest BCUT2D eigenvalue weighted by Crippen LogP contribution is -2.49. The van der Waals surface area contributed by atoms with Crippen molar-refractivity contribution in [2.24, 2.45) is 5.92 Å². The van der Waals surface area contributed by atoms with Crippen molar-refractivity contribution in [3.05, 3.63) is 59.7 Å². The van der Waals surface area contributed by atoms with E-state index < -0.39 is 0 Å². The molecule has 1 heterocycles. The summed E-state index contributed by atoms with van der Waals surface area (Å²) in [4.78, 5) is 27.6. The van der Waals surface area contributed by atoms with Crippen molar-refractivity contribution in [2.75, 3.05) is 6.54 Å². The Bertz CT molecular complexity index is 871. The molecule has 144 valence electrons. The van der Waals surface area contributed by atoms with Crippen molar-refractivity contribution in [1.29, 1.82) is 0 Å². The zero-order chi connectivity index (χ0) is 19.1. The first kappa shape index (κ1) is 17.5. The first-order valence-corrected chi connectivity index (χ1v) is 10.5. The van der Waals surface area contributed by atoms with Gasteiger partial charge in [0.2, 0.25) is 11.8 Å². The fourth-order valence-electron chi connectivity index (χ4n) is 5.23. The highest BCUT2D eigenvalue weighted by Crippen LogP contribution is 2.43. The molecule has 2 aliphatic carbocycles. The summed E-state index contributed by atoms with van der Waals surface area (Å²) in [6, 6.07) is 16.9. The molecule has 3 aliphatic rings. The van der Waals surface area contributed by atoms with E-state index in [1.807, 2.05) is 29.2 Å². The van der Waals surface area contributed by atoms with Crippen LogP contribution in [0.5, 0.6) is 0 Å². The SMILES string of the molecule is O=C(NC1c2ccccc2-c2ccccc21)[C@H]1CCC(=O)N(C2CCCC2)C1. The molecule has 28 heavy (non-hydrogen) atoms. The number of nitrogens with zero attached hydrogens (tertiary/aromatic N) is 1. The molecule has 2 aromatic carbocycles. The van der Waals surface area contributed by atoms with E-state index in [0.717, 1.165) is 24.0 Å². The number of carbonyl (C=O) groups is 2. The highest BCUT2D eigenvalue weighted by Gasteiger charge is 2.37. The first-order valence-electron chi connectivity index (χ1n) is 10.5. The Hall–Kier alpha value is -2.62. The van der Waals surface area contributed by atoms with Crippen molar-refractivity contribution in [1.82, 2.24) is 10.2 Å². The van der Waals surface area contributed by atoms with Crippen molar-refractivity contribution in [2.45, 2.75) is 50.6 Å². The second-order valence-electron chi connectivity index (χ2n) is 8.34. The Morgan fingerprint density at radius 2 is 1.50 bits per heavy atom. The van der Waals surface area contributed by atoms with Gasteiger partial charge in [0.1, 0.15) is 0 Å². The highest BCUT2D eigenvalue weighted by atomic mass is 16.2. The van der Waals surface area contributed by atoms with Gasteiger partial charge in [0, 0.05) is 19.0 Å². The van der Waals surface area contributed by atoms with E-state index >= 15 is 0 Å². The van der Waals surface area contributed by atoms with Crippen LogP contribution in [0.3, 0.4) is 0 Å². The molecule has 0 spiro atoms. The summed E-state index contributed by atoms with van der Waals surface area (Å²) in [5.41, 5.74) is 4.73. The summed E-state index contributed by atoms with van der Waals surface area (Å²) >= 11 is 0. The van der Waals surface area contributed by atoms with Crippen LogP contribution in [0.2, 0.25) is 0 Å². The predicted molar refractivity (Wildman–Crippen MR) is 109 cm³/mol. The second-order valence-corrected chi connectivity index (χ2v) is 8.34. The fraction of sp³-hybridized carbons (Fsp3) is 0.417. The molecule has 4 heteroatoms. The minimum absolute atomic E-state index is 0.0759. The van der Waals surface area contributed by atoms with Gasteiger partial charge in [-0.25, -0.2) is 0 Å². The molecule has 1 aliphatic heterocycles. The molecule has 0 unspecified atom stereocenters. The van der Waals surface area contributed by atoms with Crippen LogP contribution in [-0.4, -0.2) is 29.3 Å². The van der Waals surface area contributed by atoms with Crippen LogP contribution in [0.25, 0.3) is 11.1 Å². The zero-order valence-corrected chi connectivity index (χ0v) is 16.1. The molecular formula is C24H26N2O2. The zero-order valence-electron chi connectivity index (χ0n) is 16.1. The van der Waals surface area contributed by atoms with Crippen molar-refractivity contribution < 1.29 is 9.59 Å². The standard InChI is InChI=1S/C24H26N2O2/c27-22-14-13-16(15-26(22)17-7-1-2-8-17)24(28)25-23-20-11-5-3-9-18(20)19-10-4-6-12-21(19)23/h3-6,9-12,16-17,23H,1-2,7-8,13-15H2,(H,25,28)/t16-/m0/s1. The summed E-state index contributed by atoms with van der Waals surface area (Å²) in [6.45, 7) is 0.575. The topological polar surface area (TPSA) is 49.4 Å². The van der Waals surface area contributed by atoms with E-state index in [4.69, 9.17) is 0 Å². The van der Waals surface area contributed by atoms with Crippen LogP contribution in [0.15, 0.2) is 48.5 Å². The minimum atomic E-state index is -0.113. The maximum Gasteiger partial charge on any atom is 0.225 e. The average Bonchev–Trinajstić information content (AvgIpc) is 3.36. The Morgan fingerprint density at radius 1 is 0.893 bits per heavy atom. The lowest BCUT2D eigenvalue weighted by Gasteiger charge is -2.36. The Balaban J connectivity index is 1.36. The van der Waals surface area contributed by atoms with Crippen LogP contribution in [-0.2, 0) is 9.59 Å². The third-order valence-corrected chi connectivity index (χ3v) is 6.70. The molecule has 0 radical (unpaired) electrons.